The van der Waals surface area contributed by atoms with Gasteiger partial charge < -0.3 is 17.7 Å². The van der Waals surface area contributed by atoms with E-state index in [2.05, 4.69) is 22.4 Å². The summed E-state index contributed by atoms with van der Waals surface area (Å²) in [6.07, 6.45) is 1.06. The number of nitrogens with zero attached hydrogens (tertiary/aromatic N) is 1. The van der Waals surface area contributed by atoms with Gasteiger partial charge in [0.25, 0.3) is 0 Å². The molecule has 12 heavy (non-hydrogen) atoms. The van der Waals surface area contributed by atoms with E-state index in [4.69, 9.17) is 0 Å². The fraction of sp³-hybridized carbons (Fsp3) is 0.625. The predicted molar refractivity (Wildman–Crippen MR) is 45.7 cm³/mol. The Balaban J connectivity index is 0.00000121. The van der Waals surface area contributed by atoms with Crippen molar-refractivity contribution in [2.24, 2.45) is 0 Å². The van der Waals surface area contributed by atoms with Gasteiger partial charge in [0.1, 0.15) is 0 Å². The van der Waals surface area contributed by atoms with E-state index in [1.54, 1.807) is 0 Å². The Kier molecular flexibility index (Phi) is 4.93. The average Bonchev–Trinajstić information content (AvgIpc) is 2.29. The predicted octanol–water partition coefficient (Wildman–Crippen LogP) is -2.21. The number of aryl methyl sites for hydroxylation is 2. The number of hydrogen-bond donors (Lipinski definition) is 2. The zero-order chi connectivity index (χ0) is 8.27. The lowest BCUT2D eigenvalue weighted by atomic mass is 10.1. The maximum Gasteiger partial charge on any atom is 0.0626 e. The summed E-state index contributed by atoms with van der Waals surface area (Å²) in [6, 6.07) is 0. The lowest BCUT2D eigenvalue weighted by Gasteiger charge is -1.98. The minimum absolute atomic E-state index is 0. The van der Waals surface area contributed by atoms with Crippen LogP contribution >= 0.6 is 0 Å². The molecule has 0 atom stereocenters. The summed E-state index contributed by atoms with van der Waals surface area (Å²) in [5.74, 6) is 0. The fourth-order valence-corrected chi connectivity index (χ4v) is 1.19. The Labute approximate surface area is 79.4 Å². The van der Waals surface area contributed by atoms with Crippen LogP contribution in [0.1, 0.15) is 17.0 Å². The van der Waals surface area contributed by atoms with Crippen LogP contribution in [0.3, 0.4) is 0 Å². The van der Waals surface area contributed by atoms with Crippen LogP contribution in [0.25, 0.3) is 0 Å². The number of nitrogens with one attached hydrogen (secondary N) is 2. The second-order valence-corrected chi connectivity index (χ2v) is 2.77. The molecule has 0 fully saturated rings. The lowest BCUT2D eigenvalue weighted by molar-refractivity contribution is -0.00000265. The van der Waals surface area contributed by atoms with Crippen LogP contribution in [-0.4, -0.2) is 23.8 Å². The maximum absolute atomic E-state index is 4.12. The van der Waals surface area contributed by atoms with Crippen LogP contribution in [0.2, 0.25) is 0 Å². The minimum atomic E-state index is 0. The van der Waals surface area contributed by atoms with Crippen molar-refractivity contribution < 1.29 is 12.4 Å². The molecule has 0 aliphatic rings. The summed E-state index contributed by atoms with van der Waals surface area (Å²) in [5.41, 5.74) is 3.66. The molecule has 0 aromatic carbocycles. The summed E-state index contributed by atoms with van der Waals surface area (Å²) < 4.78 is 0. The number of aromatic amines is 1. The highest BCUT2D eigenvalue weighted by atomic mass is 35.5. The van der Waals surface area contributed by atoms with Crippen molar-refractivity contribution in [3.63, 3.8) is 0 Å². The third-order valence-corrected chi connectivity index (χ3v) is 1.91. The van der Waals surface area contributed by atoms with Crippen LogP contribution < -0.4 is 17.7 Å². The fourth-order valence-electron chi connectivity index (χ4n) is 1.19. The third kappa shape index (κ3) is 2.50. The number of hydrogen-bond acceptors (Lipinski definition) is 2. The molecule has 0 amide bonds. The van der Waals surface area contributed by atoms with E-state index < -0.39 is 0 Å². The molecule has 70 valence electrons. The van der Waals surface area contributed by atoms with Gasteiger partial charge in [-0.05, 0) is 39.4 Å². The second kappa shape index (κ2) is 5.17. The van der Waals surface area contributed by atoms with Crippen molar-refractivity contribution >= 4 is 0 Å². The molecule has 3 nitrogen and oxygen atoms in total. The molecule has 0 aliphatic carbocycles. The van der Waals surface area contributed by atoms with Crippen LogP contribution in [0.4, 0.5) is 0 Å². The molecule has 0 radical (unpaired) electrons. The van der Waals surface area contributed by atoms with Crippen LogP contribution in [-0.2, 0) is 6.42 Å². The van der Waals surface area contributed by atoms with E-state index in [9.17, 15) is 0 Å². The number of H-pyrrole nitrogens is 1. The van der Waals surface area contributed by atoms with Crippen LogP contribution in [0.5, 0.6) is 0 Å². The molecule has 0 spiro atoms. The Hall–Kier alpha value is -0.540. The molecule has 0 unspecified atom stereocenters. The van der Waals surface area contributed by atoms with E-state index in [1.165, 1.54) is 11.3 Å². The lowest BCUT2D eigenvalue weighted by Crippen LogP contribution is -3.00. The first-order valence-corrected chi connectivity index (χ1v) is 3.90. The van der Waals surface area contributed by atoms with E-state index in [0.717, 1.165) is 18.7 Å². The highest BCUT2D eigenvalue weighted by Gasteiger charge is 2.03. The highest BCUT2D eigenvalue weighted by Crippen LogP contribution is 2.08. The summed E-state index contributed by atoms with van der Waals surface area (Å²) in [6.45, 7) is 5.11. The van der Waals surface area contributed by atoms with E-state index in [1.807, 2.05) is 14.0 Å². The van der Waals surface area contributed by atoms with Crippen LogP contribution in [0.15, 0.2) is 0 Å². The molecule has 2 N–H and O–H groups in total. The van der Waals surface area contributed by atoms with Gasteiger partial charge in [-0.2, -0.15) is 5.10 Å². The first-order valence-electron chi connectivity index (χ1n) is 3.90. The highest BCUT2D eigenvalue weighted by molar-refractivity contribution is 5.23. The quantitative estimate of drug-likeness (QED) is 0.565. The molecule has 0 saturated carbocycles. The van der Waals surface area contributed by atoms with Gasteiger partial charge in [0.15, 0.2) is 0 Å². The minimum Gasteiger partial charge on any atom is -1.00 e. The second-order valence-electron chi connectivity index (χ2n) is 2.77. The van der Waals surface area contributed by atoms with Gasteiger partial charge >= 0.3 is 0 Å². The molecule has 1 aromatic rings. The molecule has 0 saturated heterocycles. The first kappa shape index (κ1) is 11.5. The van der Waals surface area contributed by atoms with E-state index in [0.29, 0.717) is 0 Å². The zero-order valence-electron chi connectivity index (χ0n) is 7.74. The largest absolute Gasteiger partial charge is 1.00 e. The summed E-state index contributed by atoms with van der Waals surface area (Å²) in [7, 11) is 1.96. The molecule has 0 aliphatic heterocycles. The average molecular weight is 189 g/mol. The normalized spacial score (nSPS) is 9.58. The summed E-state index contributed by atoms with van der Waals surface area (Å²) in [4.78, 5) is 0. The molecular formula is C8H15ClN3-. The monoisotopic (exact) mass is 188 g/mol. The maximum atomic E-state index is 4.12. The van der Waals surface area contributed by atoms with Crippen LogP contribution in [0, 0.1) is 13.8 Å². The van der Waals surface area contributed by atoms with Crippen molar-refractivity contribution in [1.82, 2.24) is 15.5 Å². The van der Waals surface area contributed by atoms with E-state index >= 15 is 0 Å². The van der Waals surface area contributed by atoms with Gasteiger partial charge in [-0.1, -0.05) is 0 Å². The summed E-state index contributed by atoms with van der Waals surface area (Å²) >= 11 is 0. The molecule has 1 rings (SSSR count). The van der Waals surface area contributed by atoms with Gasteiger partial charge in [-0.3, -0.25) is 5.10 Å². The smallest absolute Gasteiger partial charge is 0.0626 e. The Bertz CT molecular complexity index is 213. The number of rotatable bonds is 3. The number of halogens is 1. The zero-order valence-corrected chi connectivity index (χ0v) is 8.50. The van der Waals surface area contributed by atoms with Crippen molar-refractivity contribution in [3.8, 4) is 0 Å². The number of aromatic nitrogens is 2. The molecule has 1 heterocycles. The molecule has 0 bridgehead atoms. The van der Waals surface area contributed by atoms with Crippen molar-refractivity contribution in [2.75, 3.05) is 13.6 Å². The Morgan fingerprint density at radius 3 is 2.50 bits per heavy atom. The standard InChI is InChI=1S/C8H15N3.ClH/c1-6-8(4-5-9-3)7(2)11-10-6;/h9H,4-5H2,1-3H3,(H,10,11);1H/p-1. The first-order chi connectivity index (χ1) is 5.25. The van der Waals surface area contributed by atoms with Crippen molar-refractivity contribution in [2.45, 2.75) is 20.3 Å². The summed E-state index contributed by atoms with van der Waals surface area (Å²) in [5, 5.41) is 10.2. The van der Waals surface area contributed by atoms with Gasteiger partial charge in [0, 0.05) is 5.69 Å². The number of likely N-dealkylation sites (N-methyl/N-ethyl adjacent to an activating group) is 1. The van der Waals surface area contributed by atoms with Gasteiger partial charge in [-0.15, -0.1) is 0 Å². The molecule has 4 heteroatoms. The molecular weight excluding hydrogens is 174 g/mol. The van der Waals surface area contributed by atoms with Crippen molar-refractivity contribution in [1.29, 1.82) is 0 Å². The SMILES string of the molecule is CNCCc1c(C)n[nH]c1C.[Cl-]. The third-order valence-electron chi connectivity index (χ3n) is 1.91. The topological polar surface area (TPSA) is 40.7 Å². The molecule has 1 aromatic heterocycles. The van der Waals surface area contributed by atoms with Gasteiger partial charge in [0.05, 0.1) is 5.69 Å². The van der Waals surface area contributed by atoms with Gasteiger partial charge in [0.2, 0.25) is 0 Å². The van der Waals surface area contributed by atoms with Gasteiger partial charge in [-0.25, -0.2) is 0 Å². The Morgan fingerprint density at radius 2 is 2.08 bits per heavy atom. The van der Waals surface area contributed by atoms with Crippen molar-refractivity contribution in [3.05, 3.63) is 17.0 Å². The van der Waals surface area contributed by atoms with E-state index in [-0.39, 0.29) is 12.4 Å². The Morgan fingerprint density at radius 1 is 1.42 bits per heavy atom.